The van der Waals surface area contributed by atoms with E-state index in [1.807, 2.05) is 30.3 Å². The molecule has 22 heavy (non-hydrogen) atoms. The van der Waals surface area contributed by atoms with Crippen molar-refractivity contribution in [2.75, 3.05) is 5.32 Å². The second-order valence-corrected chi connectivity index (χ2v) is 4.73. The highest BCUT2D eigenvalue weighted by Crippen LogP contribution is 2.23. The number of hydrogen-bond acceptors (Lipinski definition) is 4. The number of carbonyl (C=O) groups excluding carboxylic acids is 1. The fourth-order valence-electron chi connectivity index (χ4n) is 1.93. The highest BCUT2D eigenvalue weighted by Gasteiger charge is 2.14. The Kier molecular flexibility index (Phi) is 3.87. The maximum Gasteiger partial charge on any atom is 0.294 e. The average Bonchev–Trinajstić information content (AvgIpc) is 2.96. The number of aryl methyl sites for hydroxylation is 1. The number of nitrogens with one attached hydrogen (secondary N) is 1. The van der Waals surface area contributed by atoms with Crippen LogP contribution in [0.4, 0.5) is 5.69 Å². The second kappa shape index (κ2) is 6.13. The van der Waals surface area contributed by atoms with Crippen LogP contribution in [0.3, 0.4) is 0 Å². The molecule has 3 aromatic rings. The predicted molar refractivity (Wildman–Crippen MR) is 82.2 cm³/mol. The van der Waals surface area contributed by atoms with E-state index >= 15 is 0 Å². The molecule has 0 fully saturated rings. The SMILES string of the molecule is Cc1cnoc1C(=O)Nc1ccc(Oc2ccccc2)cc1. The minimum Gasteiger partial charge on any atom is -0.457 e. The zero-order valence-electron chi connectivity index (χ0n) is 11.9. The van der Waals surface area contributed by atoms with Crippen molar-refractivity contribution >= 4 is 11.6 Å². The van der Waals surface area contributed by atoms with Crippen LogP contribution in [0.15, 0.2) is 65.3 Å². The van der Waals surface area contributed by atoms with Gasteiger partial charge in [0.15, 0.2) is 0 Å². The van der Waals surface area contributed by atoms with Gasteiger partial charge in [-0.05, 0) is 43.3 Å². The fourth-order valence-corrected chi connectivity index (χ4v) is 1.93. The van der Waals surface area contributed by atoms with Gasteiger partial charge in [0.2, 0.25) is 5.76 Å². The molecule has 0 aliphatic rings. The van der Waals surface area contributed by atoms with E-state index in [4.69, 9.17) is 9.26 Å². The van der Waals surface area contributed by atoms with Gasteiger partial charge in [0.25, 0.3) is 5.91 Å². The molecule has 1 heterocycles. The summed E-state index contributed by atoms with van der Waals surface area (Å²) in [5.41, 5.74) is 1.35. The number of rotatable bonds is 4. The number of aromatic nitrogens is 1. The molecule has 2 aromatic carbocycles. The van der Waals surface area contributed by atoms with E-state index in [9.17, 15) is 4.79 Å². The van der Waals surface area contributed by atoms with Crippen molar-refractivity contribution in [1.29, 1.82) is 0 Å². The van der Waals surface area contributed by atoms with Gasteiger partial charge in [-0.25, -0.2) is 0 Å². The van der Waals surface area contributed by atoms with Crippen LogP contribution in [0.1, 0.15) is 16.1 Å². The molecule has 0 radical (unpaired) electrons. The average molecular weight is 294 g/mol. The van der Waals surface area contributed by atoms with Crippen molar-refractivity contribution in [3.05, 3.63) is 72.1 Å². The van der Waals surface area contributed by atoms with Crippen LogP contribution < -0.4 is 10.1 Å². The van der Waals surface area contributed by atoms with E-state index < -0.39 is 0 Å². The lowest BCUT2D eigenvalue weighted by atomic mass is 10.2. The van der Waals surface area contributed by atoms with Crippen LogP contribution >= 0.6 is 0 Å². The van der Waals surface area contributed by atoms with Crippen LogP contribution in [0, 0.1) is 6.92 Å². The Hall–Kier alpha value is -3.08. The number of benzene rings is 2. The van der Waals surface area contributed by atoms with Crippen LogP contribution in [0.2, 0.25) is 0 Å². The number of para-hydroxylation sites is 1. The van der Waals surface area contributed by atoms with Gasteiger partial charge < -0.3 is 14.6 Å². The standard InChI is InChI=1S/C17H14N2O3/c1-12-11-18-22-16(12)17(20)19-13-7-9-15(10-8-13)21-14-5-3-2-4-6-14/h2-11H,1H3,(H,19,20). The molecule has 0 bridgehead atoms. The Balaban J connectivity index is 1.67. The minimum absolute atomic E-state index is 0.213. The quantitative estimate of drug-likeness (QED) is 0.789. The second-order valence-electron chi connectivity index (χ2n) is 4.73. The summed E-state index contributed by atoms with van der Waals surface area (Å²) in [6, 6.07) is 16.6. The van der Waals surface area contributed by atoms with Crippen molar-refractivity contribution < 1.29 is 14.1 Å². The van der Waals surface area contributed by atoms with E-state index in [2.05, 4.69) is 10.5 Å². The molecule has 1 aromatic heterocycles. The molecule has 0 spiro atoms. The normalized spacial score (nSPS) is 10.2. The van der Waals surface area contributed by atoms with Gasteiger partial charge in [-0.2, -0.15) is 0 Å². The summed E-state index contributed by atoms with van der Waals surface area (Å²) in [4.78, 5) is 12.0. The molecular weight excluding hydrogens is 280 g/mol. The maximum atomic E-state index is 12.0. The third-order valence-corrected chi connectivity index (χ3v) is 3.05. The van der Waals surface area contributed by atoms with Gasteiger partial charge in [-0.1, -0.05) is 23.4 Å². The van der Waals surface area contributed by atoms with Crippen molar-refractivity contribution in [3.8, 4) is 11.5 Å². The molecule has 1 N–H and O–H groups in total. The lowest BCUT2D eigenvalue weighted by molar-refractivity contribution is 0.0987. The van der Waals surface area contributed by atoms with Gasteiger partial charge in [0, 0.05) is 11.3 Å². The highest BCUT2D eigenvalue weighted by atomic mass is 16.5. The number of amides is 1. The van der Waals surface area contributed by atoms with Crippen LogP contribution in [0.25, 0.3) is 0 Å². The van der Waals surface area contributed by atoms with E-state index in [1.54, 1.807) is 31.2 Å². The molecule has 0 aliphatic heterocycles. The fraction of sp³-hybridized carbons (Fsp3) is 0.0588. The number of hydrogen-bond donors (Lipinski definition) is 1. The van der Waals surface area contributed by atoms with Crippen molar-refractivity contribution in [3.63, 3.8) is 0 Å². The van der Waals surface area contributed by atoms with Crippen LogP contribution in [-0.4, -0.2) is 11.1 Å². The first kappa shape index (κ1) is 13.9. The topological polar surface area (TPSA) is 64.4 Å². The van der Waals surface area contributed by atoms with Crippen molar-refractivity contribution in [2.24, 2.45) is 0 Å². The zero-order valence-corrected chi connectivity index (χ0v) is 11.9. The van der Waals surface area contributed by atoms with Gasteiger partial charge in [-0.3, -0.25) is 4.79 Å². The summed E-state index contributed by atoms with van der Waals surface area (Å²) < 4.78 is 10.6. The van der Waals surface area contributed by atoms with Crippen LogP contribution in [-0.2, 0) is 0 Å². The molecule has 1 amide bonds. The van der Waals surface area contributed by atoms with Gasteiger partial charge in [0.1, 0.15) is 11.5 Å². The lowest BCUT2D eigenvalue weighted by Crippen LogP contribution is -2.11. The Labute approximate surface area is 127 Å². The lowest BCUT2D eigenvalue weighted by Gasteiger charge is -2.07. The molecule has 0 atom stereocenters. The first-order valence-electron chi connectivity index (χ1n) is 6.78. The third kappa shape index (κ3) is 3.15. The first-order valence-corrected chi connectivity index (χ1v) is 6.78. The number of carbonyl (C=O) groups is 1. The monoisotopic (exact) mass is 294 g/mol. The Morgan fingerprint density at radius 2 is 1.73 bits per heavy atom. The van der Waals surface area contributed by atoms with Gasteiger partial charge in [0.05, 0.1) is 6.20 Å². The van der Waals surface area contributed by atoms with Gasteiger partial charge in [-0.15, -0.1) is 0 Å². The predicted octanol–water partition coefficient (Wildman–Crippen LogP) is 4.03. The summed E-state index contributed by atoms with van der Waals surface area (Å²) in [6.07, 6.45) is 1.51. The Morgan fingerprint density at radius 1 is 1.05 bits per heavy atom. The highest BCUT2D eigenvalue weighted by molar-refractivity contribution is 6.03. The summed E-state index contributed by atoms with van der Waals surface area (Å²) in [7, 11) is 0. The van der Waals surface area contributed by atoms with Crippen LogP contribution in [0.5, 0.6) is 11.5 Å². The largest absolute Gasteiger partial charge is 0.457 e. The summed E-state index contributed by atoms with van der Waals surface area (Å²) >= 11 is 0. The van der Waals surface area contributed by atoms with E-state index in [0.29, 0.717) is 17.0 Å². The molecule has 5 heteroatoms. The number of nitrogens with zero attached hydrogens (tertiary/aromatic N) is 1. The van der Waals surface area contributed by atoms with Gasteiger partial charge >= 0.3 is 0 Å². The minimum atomic E-state index is -0.327. The van der Waals surface area contributed by atoms with E-state index in [1.165, 1.54) is 6.20 Å². The Morgan fingerprint density at radius 3 is 2.36 bits per heavy atom. The molecule has 0 unspecified atom stereocenters. The van der Waals surface area contributed by atoms with E-state index in [0.717, 1.165) is 5.75 Å². The third-order valence-electron chi connectivity index (χ3n) is 3.05. The maximum absolute atomic E-state index is 12.0. The first-order chi connectivity index (χ1) is 10.7. The summed E-state index contributed by atoms with van der Waals surface area (Å²) in [6.45, 7) is 1.77. The summed E-state index contributed by atoms with van der Waals surface area (Å²) in [5.74, 6) is 1.34. The van der Waals surface area contributed by atoms with E-state index in [-0.39, 0.29) is 11.7 Å². The number of anilines is 1. The molecule has 5 nitrogen and oxygen atoms in total. The number of ether oxygens (including phenoxy) is 1. The molecule has 0 aliphatic carbocycles. The van der Waals surface area contributed by atoms with Crippen molar-refractivity contribution in [1.82, 2.24) is 5.16 Å². The summed E-state index contributed by atoms with van der Waals surface area (Å²) in [5, 5.41) is 6.34. The molecular formula is C17H14N2O3. The van der Waals surface area contributed by atoms with Crippen molar-refractivity contribution in [2.45, 2.75) is 6.92 Å². The zero-order chi connectivity index (χ0) is 15.4. The Bertz CT molecular complexity index is 764. The molecule has 0 saturated carbocycles. The molecule has 0 saturated heterocycles. The molecule has 110 valence electrons. The smallest absolute Gasteiger partial charge is 0.294 e. The molecule has 3 rings (SSSR count).